The predicted molar refractivity (Wildman–Crippen MR) is 200 cm³/mol. The Kier molecular flexibility index (Phi) is 12.1. The monoisotopic (exact) mass is 771 g/mol. The van der Waals surface area contributed by atoms with Gasteiger partial charge in [-0.2, -0.15) is 0 Å². The van der Waals surface area contributed by atoms with Crippen LogP contribution in [0.25, 0.3) is 33.3 Å². The van der Waals surface area contributed by atoms with Gasteiger partial charge in [-0.15, -0.1) is 0 Å². The van der Waals surface area contributed by atoms with Gasteiger partial charge in [0.15, 0.2) is 0 Å². The number of carboxylic acids is 4. The number of hydrogen-bond acceptors (Lipinski definition) is 10. The Hall–Kier alpha value is -6.53. The van der Waals surface area contributed by atoms with E-state index in [9.17, 15) is 39.0 Å². The number of aliphatic carboxylic acids is 4. The minimum atomic E-state index is -1.90. The maximum atomic E-state index is 13.5. The Labute approximate surface area is 318 Å². The highest BCUT2D eigenvalue weighted by atomic mass is 16.4. The van der Waals surface area contributed by atoms with Crippen LogP contribution in [0.4, 0.5) is 5.69 Å². The van der Waals surface area contributed by atoms with E-state index in [2.05, 4.69) is 25.5 Å². The van der Waals surface area contributed by atoms with Crippen molar-refractivity contribution in [3.05, 3.63) is 72.3 Å². The number of hydrogen-bond donors (Lipinski definition) is 8. The van der Waals surface area contributed by atoms with Crippen molar-refractivity contribution in [1.29, 1.82) is 0 Å². The number of furan rings is 1. The highest BCUT2D eigenvalue weighted by molar-refractivity contribution is 6.00. The first kappa shape index (κ1) is 39.2. The second-order valence-corrected chi connectivity index (χ2v) is 13.7. The first-order chi connectivity index (χ1) is 26.9. The highest BCUT2D eigenvalue weighted by Gasteiger charge is 2.27. The van der Waals surface area contributed by atoms with Crippen LogP contribution in [-0.4, -0.2) is 114 Å². The van der Waals surface area contributed by atoms with Crippen LogP contribution in [0.15, 0.2) is 65.6 Å². The van der Waals surface area contributed by atoms with Crippen molar-refractivity contribution in [3.8, 4) is 11.4 Å². The number of aromatic nitrogens is 3. The van der Waals surface area contributed by atoms with Gasteiger partial charge in [0.1, 0.15) is 18.1 Å². The number of amides is 2. The smallest absolute Gasteiger partial charge is 0.332 e. The van der Waals surface area contributed by atoms with Gasteiger partial charge in [0.2, 0.25) is 11.9 Å². The van der Waals surface area contributed by atoms with Crippen LogP contribution in [0.2, 0.25) is 0 Å². The fourth-order valence-electron chi connectivity index (χ4n) is 7.09. The van der Waals surface area contributed by atoms with Crippen molar-refractivity contribution in [1.82, 2.24) is 30.1 Å². The molecule has 1 saturated carbocycles. The summed E-state index contributed by atoms with van der Waals surface area (Å²) >= 11 is 0. The number of rotatable bonds is 18. The summed E-state index contributed by atoms with van der Waals surface area (Å²) in [4.78, 5) is 81.7. The fourth-order valence-corrected chi connectivity index (χ4v) is 7.09. The molecule has 3 heterocycles. The van der Waals surface area contributed by atoms with E-state index in [4.69, 9.17) is 19.6 Å². The SMILES string of the molecule is O=C(O)CN(CCNC(C(=O)O)C(=O)O)CC(=O)Nc1ccc2[nH]cc(C[C@H](NC(=O)c3ccc4c(c3)nc(-c3ccoc3)n4C3CCCCC3)C(=O)O)c2c1. The molecule has 294 valence electrons. The fraction of sp³-hybridized carbons (Fsp3) is 0.342. The molecule has 6 rings (SSSR count). The van der Waals surface area contributed by atoms with E-state index in [0.717, 1.165) is 42.6 Å². The van der Waals surface area contributed by atoms with Crippen molar-refractivity contribution >= 4 is 63.3 Å². The van der Waals surface area contributed by atoms with Crippen molar-refractivity contribution < 1.29 is 53.6 Å². The van der Waals surface area contributed by atoms with Gasteiger partial charge in [-0.05, 0) is 60.9 Å². The zero-order valence-electron chi connectivity index (χ0n) is 30.1. The second-order valence-electron chi connectivity index (χ2n) is 13.7. The number of carboxylic acid groups (broad SMARTS) is 4. The molecule has 5 aromatic rings. The normalized spacial score (nSPS) is 14.0. The van der Waals surface area contributed by atoms with Gasteiger partial charge < -0.3 is 45.0 Å². The summed E-state index contributed by atoms with van der Waals surface area (Å²) in [5.41, 5.74) is 4.04. The lowest BCUT2D eigenvalue weighted by Gasteiger charge is -2.25. The van der Waals surface area contributed by atoms with E-state index >= 15 is 0 Å². The number of aromatic amines is 1. The van der Waals surface area contributed by atoms with Crippen molar-refractivity contribution in [2.75, 3.05) is 31.5 Å². The molecule has 18 nitrogen and oxygen atoms in total. The molecule has 18 heteroatoms. The standard InChI is InChI=1S/C38H41N7O11/c46-31(18-44(19-32(47)48)12-11-39-33(37(52)53)38(54)55)41-24-7-8-27-26(16-24)23(17-40-27)15-29(36(50)51)43-35(49)21-6-9-30-28(14-21)42-34(22-10-13-56-20-22)45(30)25-4-2-1-3-5-25/h6-10,13-14,16-17,20,25,29,33,39-40H,1-5,11-12,15,18-19H2,(H,41,46)(H,43,49)(H,47,48)(H,50,51)(H,52,53)(H,54,55)/t29-/m0/s1. The summed E-state index contributed by atoms with van der Waals surface area (Å²) in [6.07, 6.45) is 10.2. The lowest BCUT2D eigenvalue weighted by Crippen LogP contribution is -2.47. The van der Waals surface area contributed by atoms with Gasteiger partial charge in [0.05, 0.1) is 35.9 Å². The Balaban J connectivity index is 1.14. The number of carbonyl (C=O) groups excluding carboxylic acids is 2. The number of fused-ring (bicyclic) bond motifs is 2. The largest absolute Gasteiger partial charge is 0.480 e. The second kappa shape index (κ2) is 17.3. The van der Waals surface area contributed by atoms with Crippen molar-refractivity contribution in [2.45, 2.75) is 56.7 Å². The summed E-state index contributed by atoms with van der Waals surface area (Å²) in [5.74, 6) is -6.20. The third kappa shape index (κ3) is 9.22. The summed E-state index contributed by atoms with van der Waals surface area (Å²) in [7, 11) is 0. The first-order valence-electron chi connectivity index (χ1n) is 18.0. The number of imidazole rings is 1. The molecule has 1 fully saturated rings. The van der Waals surface area contributed by atoms with E-state index in [0.29, 0.717) is 27.7 Å². The van der Waals surface area contributed by atoms with Crippen LogP contribution < -0.4 is 16.0 Å². The average Bonchev–Trinajstić information content (AvgIpc) is 3.91. The van der Waals surface area contributed by atoms with Gasteiger partial charge in [-0.1, -0.05) is 19.3 Å². The molecule has 1 aliphatic carbocycles. The topological polar surface area (TPSA) is 269 Å². The predicted octanol–water partition coefficient (Wildman–Crippen LogP) is 3.16. The molecule has 2 aromatic carbocycles. The molecule has 0 aliphatic heterocycles. The van der Waals surface area contributed by atoms with Gasteiger partial charge in [-0.3, -0.25) is 24.6 Å². The quantitative estimate of drug-likeness (QED) is 0.0595. The molecule has 56 heavy (non-hydrogen) atoms. The molecule has 0 radical (unpaired) electrons. The molecule has 0 bridgehead atoms. The number of nitrogens with zero attached hydrogens (tertiary/aromatic N) is 3. The maximum Gasteiger partial charge on any atom is 0.332 e. The third-order valence-corrected chi connectivity index (χ3v) is 9.75. The zero-order chi connectivity index (χ0) is 39.9. The number of anilines is 1. The van der Waals surface area contributed by atoms with Gasteiger partial charge in [0, 0.05) is 53.9 Å². The Bertz CT molecular complexity index is 2240. The average molecular weight is 772 g/mol. The number of carbonyl (C=O) groups is 6. The summed E-state index contributed by atoms with van der Waals surface area (Å²) in [5, 5.41) is 45.7. The summed E-state index contributed by atoms with van der Waals surface area (Å²) in [6.45, 7) is -1.37. The van der Waals surface area contributed by atoms with Gasteiger partial charge in [0.25, 0.3) is 5.91 Å². The van der Waals surface area contributed by atoms with E-state index < -0.39 is 60.9 Å². The van der Waals surface area contributed by atoms with Crippen molar-refractivity contribution in [3.63, 3.8) is 0 Å². The molecule has 3 aromatic heterocycles. The molecule has 0 spiro atoms. The zero-order valence-corrected chi connectivity index (χ0v) is 30.1. The summed E-state index contributed by atoms with van der Waals surface area (Å²) in [6, 6.07) is 8.90. The summed E-state index contributed by atoms with van der Waals surface area (Å²) < 4.78 is 7.55. The number of nitrogens with one attached hydrogen (secondary N) is 4. The Morgan fingerprint density at radius 1 is 0.929 bits per heavy atom. The van der Waals surface area contributed by atoms with Crippen molar-refractivity contribution in [2.24, 2.45) is 0 Å². The van der Waals surface area contributed by atoms with E-state index in [1.165, 1.54) is 11.3 Å². The van der Waals surface area contributed by atoms with E-state index in [-0.39, 0.29) is 31.1 Å². The molecule has 0 saturated heterocycles. The van der Waals surface area contributed by atoms with E-state index in [1.807, 2.05) is 12.1 Å². The minimum Gasteiger partial charge on any atom is -0.480 e. The molecule has 8 N–H and O–H groups in total. The molecule has 2 amide bonds. The molecular formula is C38H41N7O11. The minimum absolute atomic E-state index is 0.102. The van der Waals surface area contributed by atoms with Gasteiger partial charge >= 0.3 is 23.9 Å². The van der Waals surface area contributed by atoms with Crippen LogP contribution >= 0.6 is 0 Å². The van der Waals surface area contributed by atoms with Crippen LogP contribution in [0.5, 0.6) is 0 Å². The molecule has 1 atom stereocenters. The van der Waals surface area contributed by atoms with Crippen LogP contribution in [0.3, 0.4) is 0 Å². The van der Waals surface area contributed by atoms with Crippen LogP contribution in [0, 0.1) is 0 Å². The lowest BCUT2D eigenvalue weighted by molar-refractivity contribution is -0.151. The Morgan fingerprint density at radius 3 is 2.38 bits per heavy atom. The first-order valence-corrected chi connectivity index (χ1v) is 18.0. The van der Waals surface area contributed by atoms with E-state index in [1.54, 1.807) is 49.1 Å². The molecule has 0 unspecified atom stereocenters. The number of benzene rings is 2. The third-order valence-electron chi connectivity index (χ3n) is 9.75. The van der Waals surface area contributed by atoms with Crippen LogP contribution in [-0.2, 0) is 30.4 Å². The van der Waals surface area contributed by atoms with Gasteiger partial charge in [-0.25, -0.2) is 19.4 Å². The lowest BCUT2D eigenvalue weighted by atomic mass is 9.95. The molecule has 1 aliphatic rings. The maximum absolute atomic E-state index is 13.5. The Morgan fingerprint density at radius 2 is 1.70 bits per heavy atom. The highest BCUT2D eigenvalue weighted by Crippen LogP contribution is 2.36. The number of H-pyrrole nitrogens is 1. The van der Waals surface area contributed by atoms with Crippen LogP contribution in [0.1, 0.15) is 54.1 Å². The molecular weight excluding hydrogens is 730 g/mol.